The lowest BCUT2D eigenvalue weighted by molar-refractivity contribution is -0.137. The fraction of sp³-hybridized carbons (Fsp3) is 0.318. The number of aliphatic imine (C=N–C) groups is 1. The van der Waals surface area contributed by atoms with Gasteiger partial charge in [-0.15, -0.1) is 0 Å². The van der Waals surface area contributed by atoms with Gasteiger partial charge in [-0.1, -0.05) is 6.07 Å². The van der Waals surface area contributed by atoms with Gasteiger partial charge in [0.1, 0.15) is 11.7 Å². The maximum Gasteiger partial charge on any atom is 0.418 e. The molecule has 2 aromatic carbocycles. The molecule has 0 bridgehead atoms. The minimum absolute atomic E-state index is 0.00420. The second-order valence-corrected chi connectivity index (χ2v) is 7.57. The number of amidine groups is 1. The van der Waals surface area contributed by atoms with E-state index in [0.717, 1.165) is 43.5 Å². The van der Waals surface area contributed by atoms with E-state index in [1.807, 2.05) is 6.92 Å². The number of carbonyl (C=O) groups excluding carboxylic acids is 1. The number of halogens is 4. The molecule has 0 saturated carbocycles. The average Bonchev–Trinajstić information content (AvgIpc) is 2.72. The van der Waals surface area contributed by atoms with Gasteiger partial charge >= 0.3 is 12.1 Å². The number of benzene rings is 2. The van der Waals surface area contributed by atoms with Crippen LogP contribution in [0.2, 0.25) is 0 Å². The smallest absolute Gasteiger partial charge is 0.418 e. The highest BCUT2D eigenvalue weighted by Gasteiger charge is 2.37. The van der Waals surface area contributed by atoms with E-state index < -0.39 is 40.8 Å². The second-order valence-electron chi connectivity index (χ2n) is 7.57. The average molecular weight is 451 g/mol. The van der Waals surface area contributed by atoms with Gasteiger partial charge in [0.25, 0.3) is 5.91 Å². The largest absolute Gasteiger partial charge is 0.478 e. The molecule has 1 saturated heterocycles. The third kappa shape index (κ3) is 4.90. The van der Waals surface area contributed by atoms with E-state index in [-0.39, 0.29) is 22.9 Å². The molecule has 1 fully saturated rings. The van der Waals surface area contributed by atoms with Crippen molar-refractivity contribution in [2.45, 2.75) is 38.4 Å². The summed E-state index contributed by atoms with van der Waals surface area (Å²) in [6.45, 7) is 2.35. The first-order valence-electron chi connectivity index (χ1n) is 9.88. The van der Waals surface area contributed by atoms with Crippen molar-refractivity contribution in [3.8, 4) is 0 Å². The van der Waals surface area contributed by atoms with Crippen molar-refractivity contribution in [3.05, 3.63) is 64.5 Å². The molecule has 3 rings (SSSR count). The molecule has 0 aliphatic carbocycles. The summed E-state index contributed by atoms with van der Waals surface area (Å²) in [6.07, 6.45) is -2.19. The Kier molecular flexibility index (Phi) is 6.52. The van der Waals surface area contributed by atoms with Gasteiger partial charge in [-0.2, -0.15) is 18.2 Å². The predicted octanol–water partition coefficient (Wildman–Crippen LogP) is 4.47. The van der Waals surface area contributed by atoms with Crippen molar-refractivity contribution in [2.75, 3.05) is 11.4 Å². The van der Waals surface area contributed by atoms with E-state index in [1.54, 1.807) is 4.90 Å². The lowest BCUT2D eigenvalue weighted by Gasteiger charge is -2.37. The lowest BCUT2D eigenvalue weighted by Crippen LogP contribution is -2.38. The molecule has 2 aromatic rings. The summed E-state index contributed by atoms with van der Waals surface area (Å²) in [6, 6.07) is 6.08. The fourth-order valence-corrected chi connectivity index (χ4v) is 3.69. The highest BCUT2D eigenvalue weighted by atomic mass is 19.4. The van der Waals surface area contributed by atoms with Crippen molar-refractivity contribution < 1.29 is 32.3 Å². The Morgan fingerprint density at radius 3 is 2.41 bits per heavy atom. The Balaban J connectivity index is 1.94. The molecule has 32 heavy (non-hydrogen) atoms. The third-order valence-corrected chi connectivity index (χ3v) is 5.38. The number of carbonyl (C=O) groups is 2. The zero-order chi connectivity index (χ0) is 23.6. The first-order chi connectivity index (χ1) is 15.0. The summed E-state index contributed by atoms with van der Waals surface area (Å²) in [5, 5.41) is 8.86. The van der Waals surface area contributed by atoms with Crippen LogP contribution in [0.5, 0.6) is 0 Å². The molecule has 6 nitrogen and oxygen atoms in total. The number of amides is 1. The molecule has 1 unspecified atom stereocenters. The highest BCUT2D eigenvalue weighted by Crippen LogP contribution is 2.39. The van der Waals surface area contributed by atoms with Crippen LogP contribution in [0.4, 0.5) is 23.2 Å². The molecule has 1 aliphatic heterocycles. The molecular weight excluding hydrogens is 430 g/mol. The Hall–Kier alpha value is -3.43. The van der Waals surface area contributed by atoms with Gasteiger partial charge in [0.05, 0.1) is 11.1 Å². The van der Waals surface area contributed by atoms with E-state index in [9.17, 15) is 27.2 Å². The summed E-state index contributed by atoms with van der Waals surface area (Å²) in [7, 11) is 0. The SMILES string of the molecule is CC1CCCCN1c1ccc(C(=O)N=C(N)c2ccc(C(=O)O)c(F)c2)cc1C(F)(F)F. The minimum Gasteiger partial charge on any atom is -0.478 e. The maximum atomic E-state index is 13.9. The number of hydrogen-bond acceptors (Lipinski definition) is 3. The first kappa shape index (κ1) is 23.2. The van der Waals surface area contributed by atoms with Crippen molar-refractivity contribution in [1.29, 1.82) is 0 Å². The molecule has 10 heteroatoms. The standard InChI is InChI=1S/C22H21F4N3O3/c1-12-4-2-3-9-29(12)18-8-6-14(10-16(18)22(24,25)26)20(30)28-19(27)13-5-7-15(21(31)32)17(23)11-13/h5-8,10-12H,2-4,9H2,1H3,(H,31,32)(H2,27,28,30). The normalized spacial score (nSPS) is 17.3. The van der Waals surface area contributed by atoms with Gasteiger partial charge in [-0.05, 0) is 56.5 Å². The Morgan fingerprint density at radius 1 is 1.12 bits per heavy atom. The molecule has 1 heterocycles. The quantitative estimate of drug-likeness (QED) is 0.406. The number of alkyl halides is 3. The monoisotopic (exact) mass is 451 g/mol. The fourth-order valence-electron chi connectivity index (χ4n) is 3.69. The van der Waals surface area contributed by atoms with Gasteiger partial charge in [-0.3, -0.25) is 4.79 Å². The number of hydrogen-bond donors (Lipinski definition) is 2. The summed E-state index contributed by atoms with van der Waals surface area (Å²) in [5.74, 6) is -4.05. The molecular formula is C22H21F4N3O3. The molecule has 0 aromatic heterocycles. The molecule has 0 radical (unpaired) electrons. The zero-order valence-electron chi connectivity index (χ0n) is 17.1. The number of nitrogens with two attached hydrogens (primary N) is 1. The number of anilines is 1. The van der Waals surface area contributed by atoms with Crippen LogP contribution in [0, 0.1) is 5.82 Å². The molecule has 0 spiro atoms. The van der Waals surface area contributed by atoms with Crippen LogP contribution >= 0.6 is 0 Å². The highest BCUT2D eigenvalue weighted by molar-refractivity contribution is 6.09. The third-order valence-electron chi connectivity index (χ3n) is 5.38. The van der Waals surface area contributed by atoms with E-state index in [2.05, 4.69) is 4.99 Å². The Bertz CT molecular complexity index is 1080. The maximum absolute atomic E-state index is 13.9. The van der Waals surface area contributed by atoms with Gasteiger partial charge in [0.15, 0.2) is 0 Å². The van der Waals surface area contributed by atoms with Crippen molar-refractivity contribution in [3.63, 3.8) is 0 Å². The van der Waals surface area contributed by atoms with Crippen molar-refractivity contribution in [1.82, 2.24) is 0 Å². The molecule has 3 N–H and O–H groups in total. The van der Waals surface area contributed by atoms with Gasteiger partial charge in [0, 0.05) is 29.4 Å². The van der Waals surface area contributed by atoms with E-state index in [0.29, 0.717) is 6.54 Å². The zero-order valence-corrected chi connectivity index (χ0v) is 17.1. The van der Waals surface area contributed by atoms with Gasteiger partial charge in [0.2, 0.25) is 0 Å². The number of aromatic carboxylic acids is 1. The Morgan fingerprint density at radius 2 is 1.81 bits per heavy atom. The summed E-state index contributed by atoms with van der Waals surface area (Å²) in [4.78, 5) is 28.6. The van der Waals surface area contributed by atoms with Crippen LogP contribution in [0.3, 0.4) is 0 Å². The molecule has 1 aliphatic rings. The number of rotatable bonds is 4. The van der Waals surface area contributed by atoms with Crippen LogP contribution in [0.25, 0.3) is 0 Å². The molecule has 170 valence electrons. The van der Waals surface area contributed by atoms with Crippen LogP contribution < -0.4 is 10.6 Å². The Labute approximate surface area is 181 Å². The van der Waals surface area contributed by atoms with Crippen LogP contribution in [0.15, 0.2) is 41.4 Å². The predicted molar refractivity (Wildman–Crippen MR) is 111 cm³/mol. The number of nitrogens with zero attached hydrogens (tertiary/aromatic N) is 2. The second kappa shape index (κ2) is 8.97. The summed E-state index contributed by atoms with van der Waals surface area (Å²) < 4.78 is 55.1. The number of piperidine rings is 1. The number of carboxylic acid groups (broad SMARTS) is 1. The van der Waals surface area contributed by atoms with E-state index >= 15 is 0 Å². The molecule has 1 amide bonds. The van der Waals surface area contributed by atoms with Crippen LogP contribution in [0.1, 0.15) is 58.0 Å². The van der Waals surface area contributed by atoms with Gasteiger partial charge in [-0.25, -0.2) is 9.18 Å². The minimum atomic E-state index is -4.69. The van der Waals surface area contributed by atoms with Crippen molar-refractivity contribution in [2.24, 2.45) is 10.7 Å². The van der Waals surface area contributed by atoms with E-state index in [1.165, 1.54) is 12.1 Å². The van der Waals surface area contributed by atoms with E-state index in [4.69, 9.17) is 10.8 Å². The van der Waals surface area contributed by atoms with Gasteiger partial charge < -0.3 is 15.7 Å². The lowest BCUT2D eigenvalue weighted by atomic mass is 9.99. The summed E-state index contributed by atoms with van der Waals surface area (Å²) in [5.41, 5.74) is 3.78. The first-order valence-corrected chi connectivity index (χ1v) is 9.88. The molecule has 1 atom stereocenters. The van der Waals surface area contributed by atoms with Crippen LogP contribution in [-0.2, 0) is 6.18 Å². The van der Waals surface area contributed by atoms with Crippen LogP contribution in [-0.4, -0.2) is 35.4 Å². The summed E-state index contributed by atoms with van der Waals surface area (Å²) >= 11 is 0. The van der Waals surface area contributed by atoms with Crippen molar-refractivity contribution >= 4 is 23.4 Å². The number of carboxylic acids is 1. The topological polar surface area (TPSA) is 96.0 Å².